The number of ether oxygens (including phenoxy) is 2. The van der Waals surface area contributed by atoms with Gasteiger partial charge in [-0.25, -0.2) is 13.8 Å². The largest absolute Gasteiger partial charge is 0.462 e. The predicted molar refractivity (Wildman–Crippen MR) is 130 cm³/mol. The number of carbonyl (C=O) groups is 1. The number of H-pyrrole nitrogens is 1. The lowest BCUT2D eigenvalue weighted by molar-refractivity contribution is -0.149. The van der Waals surface area contributed by atoms with Crippen molar-refractivity contribution in [2.24, 2.45) is 0 Å². The number of nitrogens with one attached hydrogen (secondary N) is 2. The lowest BCUT2D eigenvalue weighted by Gasteiger charge is -2.25. The highest BCUT2D eigenvalue weighted by Gasteiger charge is 2.56. The van der Waals surface area contributed by atoms with Gasteiger partial charge >= 0.3 is 19.4 Å². The van der Waals surface area contributed by atoms with Gasteiger partial charge in [-0.05, 0) is 39.8 Å². The molecule has 12 nitrogen and oxygen atoms in total. The van der Waals surface area contributed by atoms with Crippen LogP contribution in [0.3, 0.4) is 0 Å². The van der Waals surface area contributed by atoms with Crippen LogP contribution in [0.15, 0.2) is 46.1 Å². The molecule has 1 aromatic carbocycles. The molecule has 6 atom stereocenters. The molecule has 0 amide bonds. The van der Waals surface area contributed by atoms with Crippen molar-refractivity contribution in [3.8, 4) is 5.75 Å². The third-order valence-electron chi connectivity index (χ3n) is 5.33. The number of carbonyl (C=O) groups excluding carboxylic acids is 1. The number of aliphatic hydroxyl groups excluding tert-OH is 1. The van der Waals surface area contributed by atoms with E-state index in [1.807, 2.05) is 4.98 Å². The van der Waals surface area contributed by atoms with Crippen molar-refractivity contribution in [1.82, 2.24) is 14.6 Å². The van der Waals surface area contributed by atoms with E-state index in [-0.39, 0.29) is 5.75 Å². The van der Waals surface area contributed by atoms with E-state index >= 15 is 4.39 Å². The van der Waals surface area contributed by atoms with Crippen molar-refractivity contribution >= 4 is 25.3 Å². The number of benzene rings is 1. The number of hydrogen-bond donors (Lipinski definition) is 3. The maximum Gasteiger partial charge on any atom is 0.459 e. The summed E-state index contributed by atoms with van der Waals surface area (Å²) >= 11 is 5.77. The SMILES string of the molecule is CC(C)OC(=O)[C@@H](C)NP(=O)(OC[C@H]1O[C@@H](n2cc(Cl)c(=O)[nH]c2=O)[C@](C)(F)[C@@H]1O)Oc1ccccc1. The van der Waals surface area contributed by atoms with Crippen molar-refractivity contribution in [3.05, 3.63) is 62.4 Å². The number of aromatic nitrogens is 2. The highest BCUT2D eigenvalue weighted by atomic mass is 35.5. The molecule has 1 saturated heterocycles. The molecule has 2 aromatic rings. The monoisotopic (exact) mass is 563 g/mol. The molecule has 1 unspecified atom stereocenters. The van der Waals surface area contributed by atoms with E-state index in [4.69, 9.17) is 30.1 Å². The van der Waals surface area contributed by atoms with Gasteiger partial charge in [-0.15, -0.1) is 0 Å². The highest BCUT2D eigenvalue weighted by Crippen LogP contribution is 2.47. The minimum atomic E-state index is -4.33. The predicted octanol–water partition coefficient (Wildman–Crippen LogP) is 2.31. The van der Waals surface area contributed by atoms with E-state index < -0.39 is 72.8 Å². The fourth-order valence-electron chi connectivity index (χ4n) is 3.49. The van der Waals surface area contributed by atoms with Crippen LogP contribution in [0.4, 0.5) is 4.39 Å². The summed E-state index contributed by atoms with van der Waals surface area (Å²) in [7, 11) is -4.33. The first-order chi connectivity index (χ1) is 17.2. The minimum Gasteiger partial charge on any atom is -0.462 e. The molecule has 0 saturated carbocycles. The van der Waals surface area contributed by atoms with Crippen molar-refractivity contribution in [1.29, 1.82) is 0 Å². The summed E-state index contributed by atoms with van der Waals surface area (Å²) in [4.78, 5) is 38.0. The summed E-state index contributed by atoms with van der Waals surface area (Å²) in [6.07, 6.45) is -4.55. The number of halogens is 2. The van der Waals surface area contributed by atoms with Gasteiger partial charge in [0.2, 0.25) is 0 Å². The average molecular weight is 564 g/mol. The number of aliphatic hydroxyl groups is 1. The van der Waals surface area contributed by atoms with Crippen LogP contribution >= 0.6 is 19.3 Å². The second-order valence-electron chi connectivity index (χ2n) is 8.80. The Hall–Kier alpha value is -2.54. The molecule has 1 aliphatic heterocycles. The third-order valence-corrected chi connectivity index (χ3v) is 7.24. The molecule has 0 spiro atoms. The summed E-state index contributed by atoms with van der Waals surface area (Å²) < 4.78 is 51.4. The Kier molecular flexibility index (Phi) is 8.99. The number of hydrogen-bond acceptors (Lipinski definition) is 9. The Labute approximate surface area is 216 Å². The molecular weight excluding hydrogens is 536 g/mol. The first kappa shape index (κ1) is 29.0. The normalized spacial score (nSPS) is 26.0. The third kappa shape index (κ3) is 6.86. The van der Waals surface area contributed by atoms with E-state index in [9.17, 15) is 24.1 Å². The lowest BCUT2D eigenvalue weighted by Crippen LogP contribution is -2.44. The van der Waals surface area contributed by atoms with Crippen molar-refractivity contribution in [2.75, 3.05) is 6.61 Å². The Morgan fingerprint density at radius 1 is 1.32 bits per heavy atom. The lowest BCUT2D eigenvalue weighted by atomic mass is 9.98. The summed E-state index contributed by atoms with van der Waals surface area (Å²) in [6.45, 7) is 4.98. The van der Waals surface area contributed by atoms with Crippen LogP contribution in [0, 0.1) is 0 Å². The maximum absolute atomic E-state index is 15.5. The highest BCUT2D eigenvalue weighted by molar-refractivity contribution is 7.52. The van der Waals surface area contributed by atoms with E-state index in [1.54, 1.807) is 32.0 Å². The van der Waals surface area contributed by atoms with Crippen LogP contribution in [0.2, 0.25) is 5.02 Å². The number of rotatable bonds is 10. The zero-order chi connectivity index (χ0) is 27.5. The molecule has 1 fully saturated rings. The topological polar surface area (TPSA) is 158 Å². The Morgan fingerprint density at radius 3 is 2.59 bits per heavy atom. The van der Waals surface area contributed by atoms with Gasteiger partial charge in [-0.1, -0.05) is 29.8 Å². The van der Waals surface area contributed by atoms with Crippen LogP contribution in [-0.4, -0.2) is 57.3 Å². The van der Waals surface area contributed by atoms with E-state index in [1.165, 1.54) is 19.1 Å². The zero-order valence-corrected chi connectivity index (χ0v) is 22.1. The number of alkyl halides is 1. The number of esters is 1. The van der Waals surface area contributed by atoms with Crippen LogP contribution in [0.1, 0.15) is 33.9 Å². The first-order valence-electron chi connectivity index (χ1n) is 11.2. The molecule has 37 heavy (non-hydrogen) atoms. The van der Waals surface area contributed by atoms with E-state index in [2.05, 4.69) is 5.09 Å². The average Bonchev–Trinajstić information content (AvgIpc) is 3.03. The molecule has 2 heterocycles. The minimum absolute atomic E-state index is 0.137. The first-order valence-corrected chi connectivity index (χ1v) is 13.2. The molecule has 1 aliphatic rings. The second kappa shape index (κ2) is 11.5. The van der Waals surface area contributed by atoms with Gasteiger partial charge in [0.1, 0.15) is 29.0 Å². The van der Waals surface area contributed by atoms with Crippen molar-refractivity contribution in [2.45, 2.75) is 63.9 Å². The summed E-state index contributed by atoms with van der Waals surface area (Å²) in [6, 6.07) is 6.79. The summed E-state index contributed by atoms with van der Waals surface area (Å²) in [5, 5.41) is 12.7. The zero-order valence-electron chi connectivity index (χ0n) is 20.4. The van der Waals surface area contributed by atoms with Gasteiger partial charge in [-0.3, -0.25) is 23.7 Å². The fraction of sp³-hybridized carbons (Fsp3) is 0.500. The van der Waals surface area contributed by atoms with Crippen LogP contribution < -0.4 is 20.9 Å². The van der Waals surface area contributed by atoms with E-state index in [0.717, 1.165) is 13.1 Å². The van der Waals surface area contributed by atoms with Gasteiger partial charge in [0.15, 0.2) is 11.9 Å². The number of nitrogens with zero attached hydrogens (tertiary/aromatic N) is 1. The second-order valence-corrected chi connectivity index (χ2v) is 10.9. The fourth-order valence-corrected chi connectivity index (χ4v) is 5.15. The summed E-state index contributed by atoms with van der Waals surface area (Å²) in [5.41, 5.74) is -4.45. The van der Waals surface area contributed by atoms with E-state index in [0.29, 0.717) is 4.57 Å². The van der Waals surface area contributed by atoms with Gasteiger partial charge < -0.3 is 19.1 Å². The van der Waals surface area contributed by atoms with Crippen LogP contribution in [0.5, 0.6) is 5.75 Å². The molecule has 3 N–H and O–H groups in total. The number of aromatic amines is 1. The van der Waals surface area contributed by atoms with Crippen LogP contribution in [0.25, 0.3) is 0 Å². The molecular formula is C22H28ClFN3O9P. The Bertz CT molecular complexity index is 1270. The number of para-hydroxylation sites is 1. The Morgan fingerprint density at radius 2 is 1.97 bits per heavy atom. The molecule has 15 heteroatoms. The molecule has 0 aliphatic carbocycles. The smallest absolute Gasteiger partial charge is 0.459 e. The molecule has 0 radical (unpaired) electrons. The van der Waals surface area contributed by atoms with Gasteiger partial charge in [-0.2, -0.15) is 5.09 Å². The maximum atomic E-state index is 15.5. The summed E-state index contributed by atoms with van der Waals surface area (Å²) in [5.74, 6) is -0.586. The molecule has 3 rings (SSSR count). The standard InChI is InChI=1S/C22H28ClFN3O9P/c1-12(2)34-19(30)13(3)26-37(32,36-14-8-6-5-7-9-14)33-11-16-17(28)22(4,24)20(35-16)27-10-15(23)18(29)25-21(27)31/h5-10,12-13,16-17,20,28H,11H2,1-4H3,(H,26,32)(H,25,29,31)/t13-,16-,17-,20-,22-,37?/m1/s1. The molecule has 204 valence electrons. The van der Waals surface area contributed by atoms with Crippen molar-refractivity contribution < 1.29 is 37.4 Å². The molecule has 0 bridgehead atoms. The van der Waals surface area contributed by atoms with Crippen LogP contribution in [-0.2, 0) is 23.4 Å². The van der Waals surface area contributed by atoms with Gasteiger partial charge in [0, 0.05) is 6.20 Å². The van der Waals surface area contributed by atoms with Gasteiger partial charge in [0.05, 0.1) is 12.7 Å². The Balaban J connectivity index is 1.82. The quantitative estimate of drug-likeness (QED) is 0.289. The van der Waals surface area contributed by atoms with Gasteiger partial charge in [0.25, 0.3) is 5.56 Å². The molecule has 1 aromatic heterocycles. The van der Waals surface area contributed by atoms with Crippen molar-refractivity contribution in [3.63, 3.8) is 0 Å².